The molecule has 0 fully saturated rings. The molecule has 3 N–H and O–H groups in total. The van der Waals surface area contributed by atoms with Crippen molar-refractivity contribution in [2.45, 2.75) is 20.3 Å². The van der Waals surface area contributed by atoms with Crippen LogP contribution in [0, 0.1) is 6.92 Å². The topological polar surface area (TPSA) is 88.5 Å². The van der Waals surface area contributed by atoms with Crippen LogP contribution in [0.15, 0.2) is 40.8 Å². The SMILES string of the molecule is CCc1cccc(Nc2ncc(C)c(N=NN)n2)c1. The van der Waals surface area contributed by atoms with Gasteiger partial charge in [-0.15, -0.1) is 5.11 Å². The molecular weight excluding hydrogens is 240 g/mol. The number of aryl methyl sites for hydroxylation is 2. The zero-order valence-corrected chi connectivity index (χ0v) is 11.0. The second-order valence-electron chi connectivity index (χ2n) is 4.09. The van der Waals surface area contributed by atoms with Crippen LogP contribution in [0.4, 0.5) is 17.5 Å². The van der Waals surface area contributed by atoms with Crippen molar-refractivity contribution in [1.29, 1.82) is 0 Å². The summed E-state index contributed by atoms with van der Waals surface area (Å²) < 4.78 is 0. The van der Waals surface area contributed by atoms with Crippen molar-refractivity contribution >= 4 is 17.5 Å². The van der Waals surface area contributed by atoms with E-state index in [1.54, 1.807) is 6.20 Å². The van der Waals surface area contributed by atoms with Crippen LogP contribution in [-0.2, 0) is 6.42 Å². The molecule has 2 rings (SSSR count). The summed E-state index contributed by atoms with van der Waals surface area (Å²) in [5, 5.41) is 10.1. The fraction of sp³-hybridized carbons (Fsp3) is 0.231. The van der Waals surface area contributed by atoms with Crippen LogP contribution in [0.2, 0.25) is 0 Å². The monoisotopic (exact) mass is 256 g/mol. The number of nitrogens with zero attached hydrogens (tertiary/aromatic N) is 4. The van der Waals surface area contributed by atoms with Crippen LogP contribution in [0.25, 0.3) is 0 Å². The van der Waals surface area contributed by atoms with Crippen molar-refractivity contribution in [2.75, 3.05) is 5.32 Å². The van der Waals surface area contributed by atoms with E-state index in [4.69, 9.17) is 5.84 Å². The summed E-state index contributed by atoms with van der Waals surface area (Å²) in [6, 6.07) is 8.10. The molecule has 0 aliphatic rings. The van der Waals surface area contributed by atoms with Gasteiger partial charge >= 0.3 is 0 Å². The lowest BCUT2D eigenvalue weighted by atomic mass is 10.1. The highest BCUT2D eigenvalue weighted by atomic mass is 15.3. The molecule has 6 heteroatoms. The van der Waals surface area contributed by atoms with E-state index < -0.39 is 0 Å². The highest BCUT2D eigenvalue weighted by Gasteiger charge is 2.03. The zero-order chi connectivity index (χ0) is 13.7. The van der Waals surface area contributed by atoms with Gasteiger partial charge in [0.05, 0.1) is 0 Å². The molecule has 98 valence electrons. The Morgan fingerprint density at radius 3 is 2.95 bits per heavy atom. The molecular formula is C13H16N6. The molecule has 0 unspecified atom stereocenters. The number of rotatable bonds is 4. The molecule has 1 aromatic carbocycles. The Hall–Kier alpha value is -2.50. The quantitative estimate of drug-likeness (QED) is 0.500. The highest BCUT2D eigenvalue weighted by molar-refractivity contribution is 5.55. The lowest BCUT2D eigenvalue weighted by Crippen LogP contribution is -1.98. The first-order valence-electron chi connectivity index (χ1n) is 6.03. The van der Waals surface area contributed by atoms with E-state index in [9.17, 15) is 0 Å². The molecule has 0 amide bonds. The third-order valence-corrected chi connectivity index (χ3v) is 2.69. The van der Waals surface area contributed by atoms with Crippen molar-refractivity contribution < 1.29 is 0 Å². The summed E-state index contributed by atoms with van der Waals surface area (Å²) in [5.41, 5.74) is 3.01. The van der Waals surface area contributed by atoms with Gasteiger partial charge in [-0.25, -0.2) is 4.98 Å². The number of hydrogen-bond acceptors (Lipinski definition) is 5. The van der Waals surface area contributed by atoms with Crippen molar-refractivity contribution in [3.63, 3.8) is 0 Å². The summed E-state index contributed by atoms with van der Waals surface area (Å²) >= 11 is 0. The van der Waals surface area contributed by atoms with Crippen LogP contribution in [0.5, 0.6) is 0 Å². The number of aromatic nitrogens is 2. The van der Waals surface area contributed by atoms with Crippen molar-refractivity contribution in [2.24, 2.45) is 16.2 Å². The first-order valence-corrected chi connectivity index (χ1v) is 6.03. The maximum Gasteiger partial charge on any atom is 0.229 e. The average molecular weight is 256 g/mol. The van der Waals surface area contributed by atoms with Gasteiger partial charge in [-0.05, 0) is 31.0 Å². The van der Waals surface area contributed by atoms with Crippen LogP contribution in [0.3, 0.4) is 0 Å². The van der Waals surface area contributed by atoms with Gasteiger partial charge in [-0.1, -0.05) is 24.3 Å². The van der Waals surface area contributed by atoms with Crippen LogP contribution >= 0.6 is 0 Å². The number of nitrogens with one attached hydrogen (secondary N) is 1. The smallest absolute Gasteiger partial charge is 0.229 e. The summed E-state index contributed by atoms with van der Waals surface area (Å²) in [4.78, 5) is 8.46. The normalized spacial score (nSPS) is 10.8. The Balaban J connectivity index is 2.25. The first kappa shape index (κ1) is 12.9. The van der Waals surface area contributed by atoms with E-state index in [0.29, 0.717) is 11.8 Å². The Bertz CT molecular complexity index is 593. The molecule has 1 aromatic heterocycles. The van der Waals surface area contributed by atoms with E-state index in [0.717, 1.165) is 17.7 Å². The maximum atomic E-state index is 5.05. The van der Waals surface area contributed by atoms with E-state index in [2.05, 4.69) is 44.7 Å². The number of hydrogen-bond donors (Lipinski definition) is 2. The fourth-order valence-electron chi connectivity index (χ4n) is 1.65. The third-order valence-electron chi connectivity index (χ3n) is 2.69. The predicted octanol–water partition coefficient (Wildman–Crippen LogP) is 3.05. The first-order chi connectivity index (χ1) is 9.22. The molecule has 19 heavy (non-hydrogen) atoms. The maximum absolute atomic E-state index is 5.05. The fourth-order valence-corrected chi connectivity index (χ4v) is 1.65. The van der Waals surface area contributed by atoms with Gasteiger partial charge in [-0.2, -0.15) is 4.98 Å². The molecule has 0 saturated heterocycles. The summed E-state index contributed by atoms with van der Waals surface area (Å²) in [5.74, 6) is 5.99. The van der Waals surface area contributed by atoms with E-state index in [1.165, 1.54) is 5.56 Å². The molecule has 0 saturated carbocycles. The molecule has 0 spiro atoms. The molecule has 0 bridgehead atoms. The van der Waals surface area contributed by atoms with E-state index >= 15 is 0 Å². The average Bonchev–Trinajstić information content (AvgIpc) is 2.43. The van der Waals surface area contributed by atoms with E-state index in [-0.39, 0.29) is 0 Å². The van der Waals surface area contributed by atoms with Gasteiger partial charge in [0, 0.05) is 17.4 Å². The van der Waals surface area contributed by atoms with Gasteiger partial charge in [0.2, 0.25) is 5.95 Å². The summed E-state index contributed by atoms with van der Waals surface area (Å²) in [7, 11) is 0. The van der Waals surface area contributed by atoms with Crippen molar-refractivity contribution in [3.05, 3.63) is 41.6 Å². The second kappa shape index (κ2) is 5.90. The molecule has 0 atom stereocenters. The van der Waals surface area contributed by atoms with Gasteiger partial charge in [-0.3, -0.25) is 0 Å². The zero-order valence-electron chi connectivity index (χ0n) is 11.0. The molecule has 2 aromatic rings. The van der Waals surface area contributed by atoms with Crippen LogP contribution in [-0.4, -0.2) is 9.97 Å². The standard InChI is InChI=1S/C13H16N6/c1-3-10-5-4-6-11(7-10)16-13-15-8-9(2)12(17-13)18-19-14/h4-8H,3H2,1-2H3,(H3,14,15,16,17,18). The van der Waals surface area contributed by atoms with Crippen molar-refractivity contribution in [1.82, 2.24) is 9.97 Å². The highest BCUT2D eigenvalue weighted by Crippen LogP contribution is 2.19. The predicted molar refractivity (Wildman–Crippen MR) is 74.6 cm³/mol. The Morgan fingerprint density at radius 1 is 1.37 bits per heavy atom. The van der Waals surface area contributed by atoms with Gasteiger partial charge < -0.3 is 11.2 Å². The number of nitrogens with two attached hydrogens (primary N) is 1. The van der Waals surface area contributed by atoms with Gasteiger partial charge in [0.1, 0.15) is 0 Å². The lowest BCUT2D eigenvalue weighted by Gasteiger charge is -2.07. The largest absolute Gasteiger partial charge is 0.324 e. The molecule has 6 nitrogen and oxygen atoms in total. The van der Waals surface area contributed by atoms with Gasteiger partial charge in [0.15, 0.2) is 5.82 Å². The molecule has 0 radical (unpaired) electrons. The summed E-state index contributed by atoms with van der Waals surface area (Å²) in [6.45, 7) is 3.97. The number of benzene rings is 1. The number of anilines is 2. The van der Waals surface area contributed by atoms with E-state index in [1.807, 2.05) is 19.1 Å². The summed E-state index contributed by atoms with van der Waals surface area (Å²) in [6.07, 6.45) is 2.67. The minimum absolute atomic E-state index is 0.464. The lowest BCUT2D eigenvalue weighted by molar-refractivity contribution is 1.01. The van der Waals surface area contributed by atoms with Crippen molar-refractivity contribution in [3.8, 4) is 0 Å². The Kier molecular flexibility index (Phi) is 4.02. The van der Waals surface area contributed by atoms with Gasteiger partial charge in [0.25, 0.3) is 0 Å². The molecule has 0 aliphatic heterocycles. The minimum Gasteiger partial charge on any atom is -0.324 e. The van der Waals surface area contributed by atoms with Crippen LogP contribution < -0.4 is 11.2 Å². The third kappa shape index (κ3) is 3.25. The Morgan fingerprint density at radius 2 is 2.21 bits per heavy atom. The molecule has 0 aliphatic carbocycles. The minimum atomic E-state index is 0.464. The van der Waals surface area contributed by atoms with Crippen LogP contribution in [0.1, 0.15) is 18.1 Å². The second-order valence-corrected chi connectivity index (χ2v) is 4.09. The Labute approximate surface area is 111 Å². The molecule has 1 heterocycles.